The zero-order valence-corrected chi connectivity index (χ0v) is 17.7. The average molecular weight is 459 g/mol. The molecule has 4 rings (SSSR count). The molecule has 0 atom stereocenters. The second-order valence-corrected chi connectivity index (χ2v) is 10.1. The van der Waals surface area contributed by atoms with E-state index in [-0.39, 0.29) is 10.6 Å². The molecule has 1 aromatic heterocycles. The molecule has 31 heavy (non-hydrogen) atoms. The van der Waals surface area contributed by atoms with Crippen LogP contribution in [0, 0.1) is 0 Å². The lowest BCUT2D eigenvalue weighted by Gasteiger charge is -2.13. The molecule has 0 aliphatic heterocycles. The third kappa shape index (κ3) is 4.58. The van der Waals surface area contributed by atoms with Gasteiger partial charge in [-0.25, -0.2) is 8.42 Å². The molecular formula is C20H18N4O5S2. The first-order valence-electron chi connectivity index (χ1n) is 9.19. The Bertz CT molecular complexity index is 1430. The molecule has 11 heteroatoms. The number of aromatic nitrogens is 3. The van der Waals surface area contributed by atoms with Crippen molar-refractivity contribution in [3.05, 3.63) is 78.6 Å². The van der Waals surface area contributed by atoms with Crippen molar-refractivity contribution in [3.63, 3.8) is 0 Å². The van der Waals surface area contributed by atoms with Crippen molar-refractivity contribution < 1.29 is 21.4 Å². The molecule has 1 heterocycles. The molecule has 0 fully saturated rings. The summed E-state index contributed by atoms with van der Waals surface area (Å²) in [6, 6.07) is 17.0. The lowest BCUT2D eigenvalue weighted by molar-refractivity contribution is 0.484. The Morgan fingerprint density at radius 3 is 2.29 bits per heavy atom. The SMILES string of the molecule is O=S(=O)(O)c1cccc2cccc(Nc3ccc(CCS(=O)(=O)n4ccnn4)cc3)c12. The predicted molar refractivity (Wildman–Crippen MR) is 116 cm³/mol. The Hall–Kier alpha value is -3.28. The molecule has 0 saturated heterocycles. The molecule has 0 bridgehead atoms. The summed E-state index contributed by atoms with van der Waals surface area (Å²) in [4.78, 5) is -0.178. The first kappa shape index (κ1) is 21.0. The minimum atomic E-state index is -4.40. The van der Waals surface area contributed by atoms with Gasteiger partial charge in [0.15, 0.2) is 0 Å². The molecule has 0 spiro atoms. The molecule has 0 saturated carbocycles. The normalized spacial score (nSPS) is 12.2. The molecule has 0 radical (unpaired) electrons. The van der Waals surface area contributed by atoms with Crippen molar-refractivity contribution in [3.8, 4) is 0 Å². The topological polar surface area (TPSA) is 131 Å². The van der Waals surface area contributed by atoms with Gasteiger partial charge in [0.05, 0.1) is 18.1 Å². The van der Waals surface area contributed by atoms with Crippen LogP contribution in [0.25, 0.3) is 10.8 Å². The van der Waals surface area contributed by atoms with Crippen molar-refractivity contribution in [2.24, 2.45) is 0 Å². The lowest BCUT2D eigenvalue weighted by Crippen LogP contribution is -2.18. The first-order chi connectivity index (χ1) is 14.7. The maximum absolute atomic E-state index is 12.2. The van der Waals surface area contributed by atoms with Gasteiger partial charge in [0.25, 0.3) is 20.1 Å². The van der Waals surface area contributed by atoms with E-state index in [0.29, 0.717) is 28.6 Å². The fraction of sp³-hybridized carbons (Fsp3) is 0.100. The van der Waals surface area contributed by atoms with Crippen molar-refractivity contribution in [1.29, 1.82) is 0 Å². The highest BCUT2D eigenvalue weighted by Gasteiger charge is 2.17. The second kappa shape index (κ2) is 8.10. The van der Waals surface area contributed by atoms with Crippen LogP contribution in [0.15, 0.2) is 78.0 Å². The number of nitrogens with one attached hydrogen (secondary N) is 1. The number of anilines is 2. The summed E-state index contributed by atoms with van der Waals surface area (Å²) >= 11 is 0. The van der Waals surface area contributed by atoms with Crippen molar-refractivity contribution in [2.45, 2.75) is 11.3 Å². The Morgan fingerprint density at radius 1 is 0.935 bits per heavy atom. The zero-order chi connectivity index (χ0) is 22.1. The summed E-state index contributed by atoms with van der Waals surface area (Å²) in [5.74, 6) is -0.121. The largest absolute Gasteiger partial charge is 0.355 e. The first-order valence-corrected chi connectivity index (χ1v) is 12.2. The molecule has 2 N–H and O–H groups in total. The molecular weight excluding hydrogens is 440 g/mol. The Morgan fingerprint density at radius 2 is 1.65 bits per heavy atom. The van der Waals surface area contributed by atoms with Crippen LogP contribution in [0.4, 0.5) is 11.4 Å². The van der Waals surface area contributed by atoms with Crippen molar-refractivity contribution in [2.75, 3.05) is 11.1 Å². The van der Waals surface area contributed by atoms with E-state index < -0.39 is 20.1 Å². The number of rotatable bonds is 7. The number of hydrogen-bond donors (Lipinski definition) is 2. The van der Waals surface area contributed by atoms with Gasteiger partial charge < -0.3 is 5.32 Å². The second-order valence-electron chi connectivity index (χ2n) is 6.80. The van der Waals surface area contributed by atoms with E-state index in [1.165, 1.54) is 18.5 Å². The lowest BCUT2D eigenvalue weighted by atomic mass is 10.1. The Kier molecular flexibility index (Phi) is 5.48. The minimum Gasteiger partial charge on any atom is -0.355 e. The summed E-state index contributed by atoms with van der Waals surface area (Å²) < 4.78 is 58.4. The molecule has 0 amide bonds. The van der Waals surface area contributed by atoms with Crippen LogP contribution in [0.3, 0.4) is 0 Å². The highest BCUT2D eigenvalue weighted by molar-refractivity contribution is 7.89. The van der Waals surface area contributed by atoms with Crippen LogP contribution in [-0.2, 0) is 26.6 Å². The Labute approximate surface area is 179 Å². The standard InChI is InChI=1S/C20H18N4O5S2/c25-30(26,24-13-12-21-23-24)14-11-15-7-9-17(10-8-15)22-18-5-1-3-16-4-2-6-19(20(16)18)31(27,28)29/h1-10,12-13,22H,11,14H2,(H,27,28,29). The molecule has 0 aliphatic carbocycles. The number of benzene rings is 3. The van der Waals surface area contributed by atoms with Crippen LogP contribution in [-0.4, -0.2) is 41.5 Å². The van der Waals surface area contributed by atoms with E-state index in [9.17, 15) is 21.4 Å². The highest BCUT2D eigenvalue weighted by atomic mass is 32.2. The van der Waals surface area contributed by atoms with E-state index in [1.807, 2.05) is 0 Å². The van der Waals surface area contributed by atoms with Gasteiger partial charge in [-0.3, -0.25) is 4.55 Å². The molecule has 3 aromatic carbocycles. The molecule has 9 nitrogen and oxygen atoms in total. The highest BCUT2D eigenvalue weighted by Crippen LogP contribution is 2.32. The summed E-state index contributed by atoms with van der Waals surface area (Å²) in [5.41, 5.74) is 2.01. The van der Waals surface area contributed by atoms with Crippen molar-refractivity contribution in [1.82, 2.24) is 14.4 Å². The smallest absolute Gasteiger partial charge is 0.295 e. The molecule has 0 unspecified atom stereocenters. The van der Waals surface area contributed by atoms with E-state index in [0.717, 1.165) is 9.65 Å². The summed E-state index contributed by atoms with van der Waals surface area (Å²) in [6.45, 7) is 0. The number of nitrogens with zero attached hydrogens (tertiary/aromatic N) is 3. The molecule has 4 aromatic rings. The quantitative estimate of drug-likeness (QED) is 0.404. The van der Waals surface area contributed by atoms with Gasteiger partial charge in [0, 0.05) is 16.8 Å². The molecule has 160 valence electrons. The van der Waals surface area contributed by atoms with Crippen LogP contribution in [0.2, 0.25) is 0 Å². The van der Waals surface area contributed by atoms with E-state index in [1.54, 1.807) is 54.6 Å². The van der Waals surface area contributed by atoms with Gasteiger partial charge in [-0.05, 0) is 41.6 Å². The monoisotopic (exact) mass is 458 g/mol. The van der Waals surface area contributed by atoms with E-state index in [4.69, 9.17) is 0 Å². The van der Waals surface area contributed by atoms with Crippen molar-refractivity contribution >= 4 is 42.3 Å². The van der Waals surface area contributed by atoms with Crippen LogP contribution in [0.1, 0.15) is 5.56 Å². The predicted octanol–water partition coefficient (Wildman–Crippen LogP) is 2.84. The number of fused-ring (bicyclic) bond motifs is 1. The van der Waals surface area contributed by atoms with E-state index in [2.05, 4.69) is 15.6 Å². The van der Waals surface area contributed by atoms with E-state index >= 15 is 0 Å². The third-order valence-electron chi connectivity index (χ3n) is 4.71. The van der Waals surface area contributed by atoms with Gasteiger partial charge in [-0.2, -0.15) is 8.42 Å². The van der Waals surface area contributed by atoms with Gasteiger partial charge in [0.1, 0.15) is 4.90 Å². The minimum absolute atomic E-state index is 0.121. The number of hydrogen-bond acceptors (Lipinski definition) is 7. The summed E-state index contributed by atoms with van der Waals surface area (Å²) in [5, 5.41) is 11.2. The summed E-state index contributed by atoms with van der Waals surface area (Å²) in [7, 11) is -7.97. The summed E-state index contributed by atoms with van der Waals surface area (Å²) in [6.07, 6.45) is 2.88. The third-order valence-corrected chi connectivity index (χ3v) is 7.09. The van der Waals surface area contributed by atoms with Crippen LogP contribution < -0.4 is 5.32 Å². The fourth-order valence-electron chi connectivity index (χ4n) is 3.22. The fourth-order valence-corrected chi connectivity index (χ4v) is 5.03. The Balaban J connectivity index is 1.56. The van der Waals surface area contributed by atoms with Gasteiger partial charge >= 0.3 is 0 Å². The maximum Gasteiger partial charge on any atom is 0.295 e. The van der Waals surface area contributed by atoms with Gasteiger partial charge in [-0.1, -0.05) is 41.6 Å². The zero-order valence-electron chi connectivity index (χ0n) is 16.1. The van der Waals surface area contributed by atoms with Crippen LogP contribution >= 0.6 is 0 Å². The average Bonchev–Trinajstić information content (AvgIpc) is 3.28. The van der Waals surface area contributed by atoms with Gasteiger partial charge in [0.2, 0.25) is 0 Å². The number of aryl methyl sites for hydroxylation is 1. The van der Waals surface area contributed by atoms with Crippen LogP contribution in [0.5, 0.6) is 0 Å². The maximum atomic E-state index is 12.2. The van der Waals surface area contributed by atoms with Gasteiger partial charge in [-0.15, -0.1) is 9.19 Å². The molecule has 0 aliphatic rings.